The van der Waals surface area contributed by atoms with Gasteiger partial charge in [0.25, 0.3) is 0 Å². The van der Waals surface area contributed by atoms with Crippen LogP contribution in [0.15, 0.2) is 41.5 Å². The van der Waals surface area contributed by atoms with E-state index in [0.29, 0.717) is 17.1 Å². The highest BCUT2D eigenvalue weighted by Crippen LogP contribution is 2.42. The summed E-state index contributed by atoms with van der Waals surface area (Å²) in [4.78, 5) is 17.1. The predicted molar refractivity (Wildman–Crippen MR) is 99.8 cm³/mol. The van der Waals surface area contributed by atoms with Gasteiger partial charge in [-0.2, -0.15) is 0 Å². The fourth-order valence-corrected chi connectivity index (χ4v) is 4.04. The van der Waals surface area contributed by atoms with Gasteiger partial charge in [-0.15, -0.1) is 13.2 Å². The molecule has 4 rings (SSSR count). The van der Waals surface area contributed by atoms with Crippen molar-refractivity contribution in [2.75, 3.05) is 0 Å². The van der Waals surface area contributed by atoms with Crippen molar-refractivity contribution in [3.8, 4) is 5.75 Å². The van der Waals surface area contributed by atoms with Crippen molar-refractivity contribution in [1.82, 2.24) is 4.57 Å². The Bertz CT molecular complexity index is 984. The van der Waals surface area contributed by atoms with Gasteiger partial charge in [0.1, 0.15) is 11.6 Å². The highest BCUT2D eigenvalue weighted by molar-refractivity contribution is 6.15. The predicted octanol–water partition coefficient (Wildman–Crippen LogP) is 6.04. The second-order valence-corrected chi connectivity index (χ2v) is 7.66. The van der Waals surface area contributed by atoms with Gasteiger partial charge in [0.05, 0.1) is 12.0 Å². The van der Waals surface area contributed by atoms with Crippen LogP contribution in [0.5, 0.6) is 5.75 Å². The molecule has 1 aromatic heterocycles. The molecule has 4 nitrogen and oxygen atoms in total. The Balaban J connectivity index is 1.60. The molecule has 1 aliphatic carbocycles. The quantitative estimate of drug-likeness (QED) is 0.560. The summed E-state index contributed by atoms with van der Waals surface area (Å²) < 4.78 is 70.8. The topological polar surface area (TPSA) is 43.6 Å². The monoisotopic (exact) mass is 426 g/mol. The van der Waals surface area contributed by atoms with Crippen LogP contribution in [0.25, 0.3) is 0 Å². The Hall–Kier alpha value is -2.71. The lowest BCUT2D eigenvalue weighted by Crippen LogP contribution is -2.26. The number of hydrogen-bond donors (Lipinski definition) is 0. The molecule has 2 aliphatic rings. The minimum Gasteiger partial charge on any atom is -0.405 e. The van der Waals surface area contributed by atoms with Gasteiger partial charge < -0.3 is 9.30 Å². The number of halogens is 5. The molecule has 0 radical (unpaired) electrons. The first kappa shape index (κ1) is 20.6. The van der Waals surface area contributed by atoms with Crippen LogP contribution in [-0.2, 0) is 6.42 Å². The molecule has 0 N–H and O–H groups in total. The van der Waals surface area contributed by atoms with Gasteiger partial charge in [0.2, 0.25) is 5.92 Å². The van der Waals surface area contributed by atoms with Crippen molar-refractivity contribution in [3.05, 3.63) is 47.7 Å². The first-order valence-electron chi connectivity index (χ1n) is 9.63. The number of hydrogen-bond acceptors (Lipinski definition) is 3. The standard InChI is InChI=1S/C21H19F5N2O2/c22-20(23)8-5-15(6-9-20)28-10-7-16-17(29)12-14(27-19(16)28)11-13-3-1-2-4-18(13)30-21(24,25)26/h1-4,7,10,15H,5-6,8-9,11-12H2. The second-order valence-electron chi connectivity index (χ2n) is 7.66. The van der Waals surface area contributed by atoms with Crippen LogP contribution >= 0.6 is 0 Å². The number of Topliss-reactive ketones (excluding diaryl/α,β-unsaturated/α-hetero) is 1. The van der Waals surface area contributed by atoms with E-state index >= 15 is 0 Å². The number of carbonyl (C=O) groups excluding carboxylic acids is 1. The molecule has 30 heavy (non-hydrogen) atoms. The maximum Gasteiger partial charge on any atom is 0.573 e. The number of ether oxygens (including phenoxy) is 1. The number of para-hydroxylation sites is 1. The first-order valence-corrected chi connectivity index (χ1v) is 9.63. The van der Waals surface area contributed by atoms with Gasteiger partial charge in [0.15, 0.2) is 5.78 Å². The van der Waals surface area contributed by atoms with Crippen LogP contribution in [0, 0.1) is 0 Å². The summed E-state index contributed by atoms with van der Waals surface area (Å²) in [6, 6.07) is 7.16. The van der Waals surface area contributed by atoms with E-state index in [0.717, 1.165) is 0 Å². The van der Waals surface area contributed by atoms with Crippen molar-refractivity contribution in [2.24, 2.45) is 4.99 Å². The largest absolute Gasteiger partial charge is 0.573 e. The van der Waals surface area contributed by atoms with Crippen LogP contribution in [0.3, 0.4) is 0 Å². The van der Waals surface area contributed by atoms with Gasteiger partial charge >= 0.3 is 6.36 Å². The highest BCUT2D eigenvalue weighted by atomic mass is 19.4. The lowest BCUT2D eigenvalue weighted by molar-refractivity contribution is -0.274. The number of rotatable bonds is 4. The summed E-state index contributed by atoms with van der Waals surface area (Å²) in [7, 11) is 0. The number of carbonyl (C=O) groups is 1. The number of benzene rings is 1. The molecule has 160 valence electrons. The fourth-order valence-electron chi connectivity index (χ4n) is 4.04. The van der Waals surface area contributed by atoms with E-state index in [1.54, 1.807) is 22.9 Å². The Morgan fingerprint density at radius 3 is 2.53 bits per heavy atom. The average molecular weight is 426 g/mol. The van der Waals surface area contributed by atoms with Gasteiger partial charge in [-0.1, -0.05) is 18.2 Å². The molecule has 2 heterocycles. The number of aromatic nitrogens is 1. The summed E-state index contributed by atoms with van der Waals surface area (Å²) in [5.41, 5.74) is 1.09. The Morgan fingerprint density at radius 1 is 1.13 bits per heavy atom. The van der Waals surface area contributed by atoms with E-state index in [-0.39, 0.29) is 61.7 Å². The Labute approximate surface area is 169 Å². The molecule has 0 saturated heterocycles. The Morgan fingerprint density at radius 2 is 1.83 bits per heavy atom. The lowest BCUT2D eigenvalue weighted by atomic mass is 9.92. The second kappa shape index (κ2) is 7.52. The molecule has 1 fully saturated rings. The van der Waals surface area contributed by atoms with Gasteiger partial charge in [-0.3, -0.25) is 4.79 Å². The molecule has 1 aliphatic heterocycles. The third-order valence-electron chi connectivity index (χ3n) is 5.49. The molecule has 9 heteroatoms. The number of nitrogens with zero attached hydrogens (tertiary/aromatic N) is 2. The number of fused-ring (bicyclic) bond motifs is 1. The lowest BCUT2D eigenvalue weighted by Gasteiger charge is -2.30. The van der Waals surface area contributed by atoms with E-state index in [1.807, 2.05) is 0 Å². The van der Waals surface area contributed by atoms with E-state index in [9.17, 15) is 26.7 Å². The zero-order valence-electron chi connectivity index (χ0n) is 15.9. The normalized spacial score (nSPS) is 19.4. The van der Waals surface area contributed by atoms with E-state index in [4.69, 9.17) is 0 Å². The maximum absolute atomic E-state index is 13.5. The molecule has 0 amide bonds. The van der Waals surface area contributed by atoms with E-state index in [1.165, 1.54) is 18.2 Å². The zero-order valence-corrected chi connectivity index (χ0v) is 15.9. The van der Waals surface area contributed by atoms with Crippen molar-refractivity contribution in [3.63, 3.8) is 0 Å². The summed E-state index contributed by atoms with van der Waals surface area (Å²) >= 11 is 0. The molecule has 2 aromatic rings. The maximum atomic E-state index is 13.5. The summed E-state index contributed by atoms with van der Waals surface area (Å²) in [6.45, 7) is 0. The van der Waals surface area contributed by atoms with Crippen molar-refractivity contribution in [2.45, 2.75) is 56.9 Å². The fraction of sp³-hybridized carbons (Fsp3) is 0.429. The zero-order chi connectivity index (χ0) is 21.5. The smallest absolute Gasteiger partial charge is 0.405 e. The molecule has 1 aromatic carbocycles. The molecular weight excluding hydrogens is 407 g/mol. The van der Waals surface area contributed by atoms with Crippen LogP contribution in [0.4, 0.5) is 27.8 Å². The molecule has 0 bridgehead atoms. The highest BCUT2D eigenvalue weighted by Gasteiger charge is 2.37. The molecule has 1 saturated carbocycles. The summed E-state index contributed by atoms with van der Waals surface area (Å²) in [5.74, 6) is -2.80. The minimum atomic E-state index is -4.83. The van der Waals surface area contributed by atoms with Crippen molar-refractivity contribution in [1.29, 1.82) is 0 Å². The molecule has 0 unspecified atom stereocenters. The molecular formula is C21H19F5N2O2. The molecule has 0 atom stereocenters. The van der Waals surface area contributed by atoms with Crippen LogP contribution in [-0.4, -0.2) is 28.3 Å². The van der Waals surface area contributed by atoms with E-state index < -0.39 is 12.3 Å². The van der Waals surface area contributed by atoms with Gasteiger partial charge in [-0.05, 0) is 25.0 Å². The summed E-state index contributed by atoms with van der Waals surface area (Å²) in [6.07, 6.45) is -3.04. The van der Waals surface area contributed by atoms with Crippen molar-refractivity contribution < 1.29 is 31.5 Å². The average Bonchev–Trinajstić information content (AvgIpc) is 3.07. The first-order chi connectivity index (χ1) is 14.1. The Kier molecular flexibility index (Phi) is 5.15. The van der Waals surface area contributed by atoms with Crippen LogP contribution in [0.2, 0.25) is 0 Å². The SMILES string of the molecule is O=C1CC(Cc2ccccc2OC(F)(F)F)=Nc2c1ccn2C1CCC(F)(F)CC1. The third kappa shape index (κ3) is 4.39. The molecule has 0 spiro atoms. The van der Waals surface area contributed by atoms with Gasteiger partial charge in [0, 0.05) is 42.8 Å². The van der Waals surface area contributed by atoms with E-state index in [2.05, 4.69) is 9.73 Å². The van der Waals surface area contributed by atoms with Crippen LogP contribution in [0.1, 0.15) is 54.1 Å². The summed E-state index contributed by atoms with van der Waals surface area (Å²) in [5, 5.41) is 0. The van der Waals surface area contributed by atoms with Crippen LogP contribution < -0.4 is 4.74 Å². The third-order valence-corrected chi connectivity index (χ3v) is 5.49. The number of alkyl halides is 5. The number of ketones is 1. The van der Waals surface area contributed by atoms with Crippen molar-refractivity contribution >= 4 is 17.3 Å². The minimum absolute atomic E-state index is 0.0138. The van der Waals surface area contributed by atoms with Gasteiger partial charge in [-0.25, -0.2) is 13.8 Å². The number of aliphatic imine (C=N–C) groups is 1.